The molecule has 3 aromatic rings. The molecule has 4 rings (SSSR count). The quantitative estimate of drug-likeness (QED) is 0.284. The van der Waals surface area contributed by atoms with Crippen LogP contribution in [0.15, 0.2) is 66.7 Å². The van der Waals surface area contributed by atoms with Crippen molar-refractivity contribution in [3.63, 3.8) is 0 Å². The normalized spacial score (nSPS) is 18.6. The maximum Gasteiger partial charge on any atom is 0.146 e. The number of halogens is 1. The number of aryl methyl sites for hydroxylation is 1. The summed E-state index contributed by atoms with van der Waals surface area (Å²) < 4.78 is 14.9. The molecule has 1 aliphatic rings. The molecule has 0 spiro atoms. The van der Waals surface area contributed by atoms with Crippen molar-refractivity contribution in [1.82, 2.24) is 0 Å². The Labute approximate surface area is 192 Å². The van der Waals surface area contributed by atoms with Gasteiger partial charge < -0.3 is 0 Å². The maximum atomic E-state index is 14.9. The van der Waals surface area contributed by atoms with Crippen molar-refractivity contribution in [2.45, 2.75) is 64.7 Å². The second-order valence-electron chi connectivity index (χ2n) is 9.07. The van der Waals surface area contributed by atoms with E-state index in [0.717, 1.165) is 23.3 Å². The molecule has 0 aromatic heterocycles. The fourth-order valence-electron chi connectivity index (χ4n) is 4.92. The first-order valence-electron chi connectivity index (χ1n) is 12.1. The lowest BCUT2D eigenvalue weighted by Crippen LogP contribution is -2.13. The third-order valence-corrected chi connectivity index (χ3v) is 6.97. The predicted molar refractivity (Wildman–Crippen MR) is 134 cm³/mol. The Balaban J connectivity index is 1.41. The van der Waals surface area contributed by atoms with E-state index >= 15 is 0 Å². The summed E-state index contributed by atoms with van der Waals surface area (Å²) in [4.78, 5) is 0. The summed E-state index contributed by atoms with van der Waals surface area (Å²) >= 11 is 0. The highest BCUT2D eigenvalue weighted by Crippen LogP contribution is 2.37. The Bertz CT molecular complexity index is 1130. The van der Waals surface area contributed by atoms with E-state index in [1.165, 1.54) is 49.7 Å². The van der Waals surface area contributed by atoms with Crippen LogP contribution in [0.2, 0.25) is 0 Å². The molecule has 0 N–H and O–H groups in total. The summed E-state index contributed by atoms with van der Waals surface area (Å²) in [5.74, 6) is 7.54. The number of benzene rings is 3. The zero-order valence-electron chi connectivity index (χ0n) is 19.3. The Morgan fingerprint density at radius 1 is 0.938 bits per heavy atom. The maximum absolute atomic E-state index is 14.9. The van der Waals surface area contributed by atoms with Crippen LogP contribution in [-0.4, -0.2) is 0 Å². The molecule has 0 aliphatic heterocycles. The van der Waals surface area contributed by atoms with Gasteiger partial charge in [0.05, 0.1) is 5.56 Å². The molecule has 0 amide bonds. The van der Waals surface area contributed by atoms with E-state index in [1.807, 2.05) is 18.2 Å². The molecule has 0 saturated heterocycles. The van der Waals surface area contributed by atoms with E-state index < -0.39 is 0 Å². The van der Waals surface area contributed by atoms with Gasteiger partial charge in [-0.1, -0.05) is 67.3 Å². The Morgan fingerprint density at radius 2 is 1.72 bits per heavy atom. The lowest BCUT2D eigenvalue weighted by molar-refractivity contribution is 0.312. The molecule has 0 bridgehead atoms. The smallest absolute Gasteiger partial charge is 0.146 e. The van der Waals surface area contributed by atoms with Crippen LogP contribution in [0, 0.1) is 23.6 Å². The molecule has 1 aliphatic carbocycles. The van der Waals surface area contributed by atoms with Crippen LogP contribution < -0.4 is 0 Å². The van der Waals surface area contributed by atoms with Crippen molar-refractivity contribution in [3.8, 4) is 11.8 Å². The first kappa shape index (κ1) is 22.3. The number of fused-ring (bicyclic) bond motifs is 1. The van der Waals surface area contributed by atoms with E-state index in [2.05, 4.69) is 68.2 Å². The van der Waals surface area contributed by atoms with Gasteiger partial charge in [-0.2, -0.15) is 0 Å². The number of hydrogen-bond donors (Lipinski definition) is 0. The molecular weight excluding hydrogens is 391 g/mol. The topological polar surface area (TPSA) is 0 Å². The molecule has 0 radical (unpaired) electrons. The molecule has 1 heteroatoms. The highest BCUT2D eigenvalue weighted by Gasteiger charge is 2.21. The van der Waals surface area contributed by atoms with Gasteiger partial charge in [-0.15, -0.1) is 0 Å². The molecule has 32 heavy (non-hydrogen) atoms. The van der Waals surface area contributed by atoms with Gasteiger partial charge in [0.25, 0.3) is 0 Å². The molecule has 1 saturated carbocycles. The van der Waals surface area contributed by atoms with Crippen LogP contribution in [0.5, 0.6) is 0 Å². The third-order valence-electron chi connectivity index (χ3n) is 6.97. The highest BCUT2D eigenvalue weighted by molar-refractivity contribution is 5.85. The first-order valence-corrected chi connectivity index (χ1v) is 12.1. The summed E-state index contributed by atoms with van der Waals surface area (Å²) in [6.07, 6.45) is 13.2. The molecular formula is C31H33F. The third kappa shape index (κ3) is 5.31. The molecule has 0 atom stereocenters. The van der Waals surface area contributed by atoms with Crippen LogP contribution in [0.25, 0.3) is 10.8 Å². The molecule has 0 nitrogen and oxygen atoms in total. The van der Waals surface area contributed by atoms with E-state index in [4.69, 9.17) is 0 Å². The van der Waals surface area contributed by atoms with Gasteiger partial charge in [-0.3, -0.25) is 0 Å². The lowest BCUT2D eigenvalue weighted by Gasteiger charge is -2.28. The van der Waals surface area contributed by atoms with Crippen LogP contribution >= 0.6 is 0 Å². The van der Waals surface area contributed by atoms with Crippen LogP contribution in [0.4, 0.5) is 4.39 Å². The summed E-state index contributed by atoms with van der Waals surface area (Å²) in [6.45, 7) is 4.21. The second-order valence-corrected chi connectivity index (χ2v) is 9.07. The number of rotatable bonds is 5. The van der Waals surface area contributed by atoms with Gasteiger partial charge >= 0.3 is 0 Å². The minimum absolute atomic E-state index is 0.222. The molecule has 0 unspecified atom stereocenters. The van der Waals surface area contributed by atoms with Crippen LogP contribution in [-0.2, 0) is 6.42 Å². The number of allylic oxidation sites excluding steroid dienone is 2. The lowest BCUT2D eigenvalue weighted by atomic mass is 9.77. The van der Waals surface area contributed by atoms with Gasteiger partial charge in [-0.25, -0.2) is 4.39 Å². The van der Waals surface area contributed by atoms with Crippen molar-refractivity contribution >= 4 is 10.8 Å². The van der Waals surface area contributed by atoms with E-state index in [1.54, 1.807) is 6.07 Å². The van der Waals surface area contributed by atoms with E-state index in [9.17, 15) is 4.39 Å². The summed E-state index contributed by atoms with van der Waals surface area (Å²) in [6, 6.07) is 18.3. The average molecular weight is 425 g/mol. The average Bonchev–Trinajstić information content (AvgIpc) is 2.84. The first-order chi connectivity index (χ1) is 15.7. The highest BCUT2D eigenvalue weighted by atomic mass is 19.1. The minimum atomic E-state index is -0.222. The van der Waals surface area contributed by atoms with Crippen LogP contribution in [0.1, 0.15) is 80.5 Å². The minimum Gasteiger partial charge on any atom is -0.205 e. The summed E-state index contributed by atoms with van der Waals surface area (Å²) in [5.41, 5.74) is 4.04. The van der Waals surface area contributed by atoms with Crippen LogP contribution in [0.3, 0.4) is 0 Å². The predicted octanol–water partition coefficient (Wildman–Crippen LogP) is 8.57. The summed E-state index contributed by atoms with van der Waals surface area (Å²) in [5, 5.41) is 1.58. The number of hydrogen-bond acceptors (Lipinski definition) is 0. The van der Waals surface area contributed by atoms with Gasteiger partial charge in [0, 0.05) is 10.9 Å². The molecule has 0 heterocycles. The molecule has 3 aromatic carbocycles. The van der Waals surface area contributed by atoms with Gasteiger partial charge in [0.15, 0.2) is 0 Å². The molecule has 164 valence electrons. The SMILES string of the molecule is C/C=C/CCC1CCC(c2ccc(C#Cc3ccc4cc(CC)ccc4c3F)cc2)CC1. The fourth-order valence-corrected chi connectivity index (χ4v) is 4.92. The molecule has 1 fully saturated rings. The van der Waals surface area contributed by atoms with Gasteiger partial charge in [0.2, 0.25) is 0 Å². The van der Waals surface area contributed by atoms with E-state index in [0.29, 0.717) is 16.9 Å². The van der Waals surface area contributed by atoms with Crippen molar-refractivity contribution < 1.29 is 4.39 Å². The van der Waals surface area contributed by atoms with Crippen molar-refractivity contribution in [2.75, 3.05) is 0 Å². The fraction of sp³-hybridized carbons (Fsp3) is 0.355. The Morgan fingerprint density at radius 3 is 2.44 bits per heavy atom. The standard InChI is InChI=1S/C31H33F/c1-3-5-6-7-24-8-14-26(15-9-24)27-16-10-25(11-17-27)12-18-28-19-20-29-22-23(4-2)13-21-30(29)31(28)32/h3,5,10-11,13,16-17,19-22,24,26H,4,6-9,14-15H2,1-2H3/b5-3+. The van der Waals surface area contributed by atoms with Gasteiger partial charge in [-0.05, 0) is 98.4 Å². The summed E-state index contributed by atoms with van der Waals surface area (Å²) in [7, 11) is 0. The zero-order valence-corrected chi connectivity index (χ0v) is 19.3. The monoisotopic (exact) mass is 424 g/mol. The largest absolute Gasteiger partial charge is 0.205 e. The van der Waals surface area contributed by atoms with Crippen molar-refractivity contribution in [2.24, 2.45) is 5.92 Å². The Hall–Kier alpha value is -2.85. The van der Waals surface area contributed by atoms with Crippen molar-refractivity contribution in [3.05, 3.63) is 94.8 Å². The Kier molecular flexibility index (Phi) is 7.43. The van der Waals surface area contributed by atoms with Gasteiger partial charge in [0.1, 0.15) is 5.82 Å². The van der Waals surface area contributed by atoms with E-state index in [-0.39, 0.29) is 5.82 Å². The zero-order chi connectivity index (χ0) is 22.3. The van der Waals surface area contributed by atoms with Crippen molar-refractivity contribution in [1.29, 1.82) is 0 Å². The second kappa shape index (κ2) is 10.6.